The van der Waals surface area contributed by atoms with Gasteiger partial charge < -0.3 is 4.90 Å². The van der Waals surface area contributed by atoms with Gasteiger partial charge in [-0.3, -0.25) is 0 Å². The van der Waals surface area contributed by atoms with Crippen LogP contribution in [0.2, 0.25) is 0 Å². The van der Waals surface area contributed by atoms with Gasteiger partial charge in [0.15, 0.2) is 0 Å². The van der Waals surface area contributed by atoms with E-state index in [4.69, 9.17) is 0 Å². The van der Waals surface area contributed by atoms with E-state index >= 15 is 0 Å². The lowest BCUT2D eigenvalue weighted by molar-refractivity contribution is 0.148. The molecule has 0 aliphatic carbocycles. The van der Waals surface area contributed by atoms with Crippen molar-refractivity contribution in [3.63, 3.8) is 0 Å². The van der Waals surface area contributed by atoms with Crippen molar-refractivity contribution < 1.29 is 4.39 Å². The lowest BCUT2D eigenvalue weighted by atomic mass is 10.1. The first kappa shape index (κ1) is 14.9. The van der Waals surface area contributed by atoms with Crippen molar-refractivity contribution in [3.05, 3.63) is 0 Å². The van der Waals surface area contributed by atoms with Gasteiger partial charge in [-0.15, -0.1) is 0 Å². The summed E-state index contributed by atoms with van der Waals surface area (Å²) in [5.74, 6) is 0.804. The molecule has 15 heavy (non-hydrogen) atoms. The normalized spacial score (nSPS) is 18.8. The third-order valence-electron chi connectivity index (χ3n) is 2.77. The first-order chi connectivity index (χ1) is 7.18. The predicted molar refractivity (Wildman–Crippen MR) is 66.0 cm³/mol. The summed E-state index contributed by atoms with van der Waals surface area (Å²) < 4.78 is 12.8. The molecule has 0 aromatic heterocycles. The molecule has 1 aliphatic heterocycles. The minimum absolute atomic E-state index is 0.527. The van der Waals surface area contributed by atoms with Gasteiger partial charge >= 0.3 is 0 Å². The zero-order chi connectivity index (χ0) is 11.7. The van der Waals surface area contributed by atoms with Gasteiger partial charge in [-0.25, -0.2) is 4.39 Å². The quantitative estimate of drug-likeness (QED) is 0.690. The summed E-state index contributed by atoms with van der Waals surface area (Å²) in [5, 5.41) is 0. The highest BCUT2D eigenvalue weighted by Gasteiger charge is 2.17. The van der Waals surface area contributed by atoms with Crippen LogP contribution in [0.4, 0.5) is 4.39 Å². The molecule has 0 aromatic rings. The summed E-state index contributed by atoms with van der Waals surface area (Å²) in [7, 11) is 0. The maximum atomic E-state index is 12.8. The standard InChI is InChI=1S/C11H22FN.C2H6/c1-10(2)4-3-7-13-8-5-11(12)6-9-13;1-2/h10-11H,3-9H2,1-2H3;1-2H3. The maximum absolute atomic E-state index is 12.8. The minimum atomic E-state index is -0.527. The van der Waals surface area contributed by atoms with Crippen LogP contribution in [0.25, 0.3) is 0 Å². The second-order valence-electron chi connectivity index (χ2n) is 4.55. The molecule has 1 saturated heterocycles. The molecule has 0 spiro atoms. The Morgan fingerprint density at radius 1 is 1.20 bits per heavy atom. The largest absolute Gasteiger partial charge is 0.303 e. The van der Waals surface area contributed by atoms with Crippen molar-refractivity contribution >= 4 is 0 Å². The predicted octanol–water partition coefficient (Wildman–Crippen LogP) is 3.88. The molecule has 0 amide bonds. The molecule has 0 bridgehead atoms. The summed E-state index contributed by atoms with van der Waals surface area (Å²) in [4.78, 5) is 2.40. The third kappa shape index (κ3) is 7.78. The second-order valence-corrected chi connectivity index (χ2v) is 4.55. The zero-order valence-electron chi connectivity index (χ0n) is 10.9. The van der Waals surface area contributed by atoms with Crippen molar-refractivity contribution in [2.75, 3.05) is 19.6 Å². The summed E-state index contributed by atoms with van der Waals surface area (Å²) in [6, 6.07) is 0. The molecule has 1 heterocycles. The lowest BCUT2D eigenvalue weighted by Gasteiger charge is -2.28. The number of likely N-dealkylation sites (tertiary alicyclic amines) is 1. The highest BCUT2D eigenvalue weighted by atomic mass is 19.1. The Balaban J connectivity index is 0.000000921. The summed E-state index contributed by atoms with van der Waals surface area (Å²) in [6.07, 6.45) is 3.55. The van der Waals surface area contributed by atoms with Crippen LogP contribution in [-0.4, -0.2) is 30.7 Å². The number of rotatable bonds is 4. The van der Waals surface area contributed by atoms with Gasteiger partial charge in [0.1, 0.15) is 6.17 Å². The first-order valence-electron chi connectivity index (χ1n) is 6.55. The molecule has 0 unspecified atom stereocenters. The molecule has 1 rings (SSSR count). The van der Waals surface area contributed by atoms with Gasteiger partial charge in [-0.05, 0) is 38.1 Å². The van der Waals surface area contributed by atoms with Crippen LogP contribution in [0, 0.1) is 5.92 Å². The fourth-order valence-corrected chi connectivity index (χ4v) is 1.85. The fraction of sp³-hybridized carbons (Fsp3) is 1.00. The van der Waals surface area contributed by atoms with E-state index < -0.39 is 6.17 Å². The third-order valence-corrected chi connectivity index (χ3v) is 2.77. The smallest absolute Gasteiger partial charge is 0.103 e. The van der Waals surface area contributed by atoms with Crippen molar-refractivity contribution in [2.24, 2.45) is 5.92 Å². The van der Waals surface area contributed by atoms with Crippen LogP contribution in [0.15, 0.2) is 0 Å². The highest BCUT2D eigenvalue weighted by Crippen LogP contribution is 2.14. The highest BCUT2D eigenvalue weighted by molar-refractivity contribution is 4.71. The van der Waals surface area contributed by atoms with E-state index in [1.807, 2.05) is 13.8 Å². The molecule has 1 aliphatic rings. The molecule has 0 atom stereocenters. The number of nitrogens with zero attached hydrogens (tertiary/aromatic N) is 1. The van der Waals surface area contributed by atoms with Crippen LogP contribution in [0.5, 0.6) is 0 Å². The van der Waals surface area contributed by atoms with E-state index in [2.05, 4.69) is 18.7 Å². The second kappa shape index (κ2) is 9.14. The van der Waals surface area contributed by atoms with Gasteiger partial charge in [0.05, 0.1) is 0 Å². The van der Waals surface area contributed by atoms with Crippen molar-refractivity contribution in [1.29, 1.82) is 0 Å². The van der Waals surface area contributed by atoms with Crippen molar-refractivity contribution in [1.82, 2.24) is 4.90 Å². The SMILES string of the molecule is CC.CC(C)CCCN1CCC(F)CC1. The molecular formula is C13H28FN. The minimum Gasteiger partial charge on any atom is -0.303 e. The number of halogens is 1. The van der Waals surface area contributed by atoms with Gasteiger partial charge in [-0.1, -0.05) is 27.7 Å². The van der Waals surface area contributed by atoms with Crippen molar-refractivity contribution in [3.8, 4) is 0 Å². The maximum Gasteiger partial charge on any atom is 0.103 e. The van der Waals surface area contributed by atoms with Gasteiger partial charge in [-0.2, -0.15) is 0 Å². The number of hydrogen-bond acceptors (Lipinski definition) is 1. The summed E-state index contributed by atoms with van der Waals surface area (Å²) >= 11 is 0. The Bertz CT molecular complexity index is 128. The number of alkyl halides is 1. The molecule has 0 saturated carbocycles. The first-order valence-corrected chi connectivity index (χ1v) is 6.55. The van der Waals surface area contributed by atoms with Crippen LogP contribution in [-0.2, 0) is 0 Å². The van der Waals surface area contributed by atoms with Crippen LogP contribution in [0.3, 0.4) is 0 Å². The Labute approximate surface area is 95.0 Å². The molecule has 0 aromatic carbocycles. The van der Waals surface area contributed by atoms with Crippen LogP contribution >= 0.6 is 0 Å². The van der Waals surface area contributed by atoms with Gasteiger partial charge in [0.25, 0.3) is 0 Å². The molecule has 1 nitrogen and oxygen atoms in total. The lowest BCUT2D eigenvalue weighted by Crippen LogP contribution is -2.35. The average Bonchev–Trinajstić information content (AvgIpc) is 2.23. The van der Waals surface area contributed by atoms with E-state index in [0.717, 1.165) is 31.8 Å². The number of hydrogen-bond donors (Lipinski definition) is 0. The fourth-order valence-electron chi connectivity index (χ4n) is 1.85. The van der Waals surface area contributed by atoms with Crippen LogP contribution in [0.1, 0.15) is 53.4 Å². The van der Waals surface area contributed by atoms with E-state index in [1.54, 1.807) is 0 Å². The summed E-state index contributed by atoms with van der Waals surface area (Å²) in [6.45, 7) is 11.6. The van der Waals surface area contributed by atoms with Crippen molar-refractivity contribution in [2.45, 2.75) is 59.5 Å². The Hall–Kier alpha value is -0.110. The Morgan fingerprint density at radius 3 is 2.20 bits per heavy atom. The zero-order valence-corrected chi connectivity index (χ0v) is 10.9. The van der Waals surface area contributed by atoms with E-state index in [1.165, 1.54) is 19.4 Å². The molecular weight excluding hydrogens is 189 g/mol. The average molecular weight is 217 g/mol. The number of piperidine rings is 1. The van der Waals surface area contributed by atoms with E-state index in [9.17, 15) is 4.39 Å². The summed E-state index contributed by atoms with van der Waals surface area (Å²) in [5.41, 5.74) is 0. The Kier molecular flexibility index (Phi) is 9.07. The van der Waals surface area contributed by atoms with Gasteiger partial charge in [0, 0.05) is 13.1 Å². The van der Waals surface area contributed by atoms with E-state index in [0.29, 0.717) is 0 Å². The molecule has 0 radical (unpaired) electrons. The molecule has 2 heteroatoms. The van der Waals surface area contributed by atoms with E-state index in [-0.39, 0.29) is 0 Å². The van der Waals surface area contributed by atoms with Gasteiger partial charge in [0.2, 0.25) is 0 Å². The molecule has 1 fully saturated rings. The molecule has 0 N–H and O–H groups in total. The van der Waals surface area contributed by atoms with Crippen LogP contribution < -0.4 is 0 Å². The topological polar surface area (TPSA) is 3.24 Å². The molecule has 92 valence electrons. The monoisotopic (exact) mass is 217 g/mol. The Morgan fingerprint density at radius 2 is 1.73 bits per heavy atom.